The van der Waals surface area contributed by atoms with E-state index in [-0.39, 0.29) is 11.8 Å². The van der Waals surface area contributed by atoms with E-state index in [4.69, 9.17) is 0 Å². The normalized spacial score (nSPS) is 15.1. The highest BCUT2D eigenvalue weighted by Gasteiger charge is 2.27. The molecule has 1 atom stereocenters. The Morgan fingerprint density at radius 2 is 1.59 bits per heavy atom. The number of benzene rings is 1. The fraction of sp³-hybridized carbons (Fsp3) is 0.429. The van der Waals surface area contributed by atoms with Crippen LogP contribution in [0.2, 0.25) is 0 Å². The molecular formula is C14H17F3. The zero-order chi connectivity index (χ0) is 13.1. The summed E-state index contributed by atoms with van der Waals surface area (Å²) in [5, 5.41) is 0. The molecule has 0 heterocycles. The average Bonchev–Trinajstić information content (AvgIpc) is 2.25. The molecule has 3 heteroatoms. The maximum Gasteiger partial charge on any atom is 0.409 e. The summed E-state index contributed by atoms with van der Waals surface area (Å²) >= 11 is 0. The quantitative estimate of drug-likeness (QED) is 0.659. The molecule has 1 rings (SSSR count). The summed E-state index contributed by atoms with van der Waals surface area (Å²) in [6.07, 6.45) is -3.81. The van der Waals surface area contributed by atoms with Crippen molar-refractivity contribution in [2.24, 2.45) is 5.92 Å². The number of halogens is 3. The average molecular weight is 242 g/mol. The second-order valence-corrected chi connectivity index (χ2v) is 4.47. The first kappa shape index (κ1) is 13.8. The van der Waals surface area contributed by atoms with E-state index in [9.17, 15) is 13.2 Å². The van der Waals surface area contributed by atoms with Crippen molar-refractivity contribution >= 4 is 0 Å². The van der Waals surface area contributed by atoms with Gasteiger partial charge in [0.15, 0.2) is 0 Å². The number of hydrogen-bond donors (Lipinski definition) is 0. The molecule has 0 aliphatic carbocycles. The smallest absolute Gasteiger partial charge is 0.167 e. The van der Waals surface area contributed by atoms with E-state index >= 15 is 0 Å². The van der Waals surface area contributed by atoms with Crippen LogP contribution in [0.25, 0.3) is 0 Å². The molecule has 0 aliphatic heterocycles. The van der Waals surface area contributed by atoms with Crippen LogP contribution in [0.1, 0.15) is 32.3 Å². The number of rotatable bonds is 3. The van der Waals surface area contributed by atoms with Crippen LogP contribution in [0.3, 0.4) is 0 Å². The molecular weight excluding hydrogens is 225 g/mol. The van der Waals surface area contributed by atoms with Crippen molar-refractivity contribution < 1.29 is 13.2 Å². The molecule has 94 valence electrons. The van der Waals surface area contributed by atoms with Gasteiger partial charge < -0.3 is 0 Å². The molecule has 0 bridgehead atoms. The number of hydrogen-bond acceptors (Lipinski definition) is 0. The Morgan fingerprint density at radius 1 is 1.06 bits per heavy atom. The van der Waals surface area contributed by atoms with Crippen LogP contribution in [-0.2, 0) is 0 Å². The molecule has 0 radical (unpaired) electrons. The van der Waals surface area contributed by atoms with Gasteiger partial charge in [-0.2, -0.15) is 13.2 Å². The molecule has 1 aromatic rings. The van der Waals surface area contributed by atoms with Gasteiger partial charge in [-0.25, -0.2) is 0 Å². The van der Waals surface area contributed by atoms with Crippen LogP contribution in [0.5, 0.6) is 0 Å². The molecule has 0 aromatic heterocycles. The van der Waals surface area contributed by atoms with Crippen molar-refractivity contribution in [2.75, 3.05) is 0 Å². The third kappa shape index (κ3) is 4.25. The fourth-order valence-electron chi connectivity index (χ4n) is 1.91. The van der Waals surface area contributed by atoms with Crippen molar-refractivity contribution in [3.8, 4) is 0 Å². The lowest BCUT2D eigenvalue weighted by Gasteiger charge is -2.20. The van der Waals surface area contributed by atoms with Gasteiger partial charge >= 0.3 is 6.18 Å². The van der Waals surface area contributed by atoms with Gasteiger partial charge in [0.25, 0.3) is 0 Å². The first-order chi connectivity index (χ1) is 7.81. The van der Waals surface area contributed by atoms with Gasteiger partial charge in [-0.05, 0) is 11.5 Å². The summed E-state index contributed by atoms with van der Waals surface area (Å²) in [6.45, 7) is 5.39. The molecule has 1 aromatic carbocycles. The SMILES string of the molecule is CC(C)/C(=C\C(F)(F)F)C(C)c1ccccc1. The van der Waals surface area contributed by atoms with E-state index in [0.29, 0.717) is 11.6 Å². The van der Waals surface area contributed by atoms with E-state index in [2.05, 4.69) is 0 Å². The highest BCUT2D eigenvalue weighted by atomic mass is 19.4. The summed E-state index contributed by atoms with van der Waals surface area (Å²) in [5.41, 5.74) is 1.33. The maximum absolute atomic E-state index is 12.5. The zero-order valence-corrected chi connectivity index (χ0v) is 10.3. The van der Waals surface area contributed by atoms with Gasteiger partial charge in [0.05, 0.1) is 0 Å². The van der Waals surface area contributed by atoms with Crippen LogP contribution in [0.4, 0.5) is 13.2 Å². The topological polar surface area (TPSA) is 0 Å². The van der Waals surface area contributed by atoms with Crippen LogP contribution in [0.15, 0.2) is 42.0 Å². The number of alkyl halides is 3. The van der Waals surface area contributed by atoms with Gasteiger partial charge in [-0.15, -0.1) is 0 Å². The van der Waals surface area contributed by atoms with Gasteiger partial charge in [-0.1, -0.05) is 56.7 Å². The Morgan fingerprint density at radius 3 is 2.00 bits per heavy atom. The molecule has 0 amide bonds. The molecule has 17 heavy (non-hydrogen) atoms. The Balaban J connectivity index is 3.05. The molecule has 0 spiro atoms. The fourth-order valence-corrected chi connectivity index (χ4v) is 1.91. The van der Waals surface area contributed by atoms with E-state index in [1.807, 2.05) is 37.3 Å². The molecule has 0 saturated carbocycles. The van der Waals surface area contributed by atoms with Crippen LogP contribution >= 0.6 is 0 Å². The van der Waals surface area contributed by atoms with Crippen LogP contribution < -0.4 is 0 Å². The Hall–Kier alpha value is -1.25. The summed E-state index contributed by atoms with van der Waals surface area (Å²) in [7, 11) is 0. The Bertz CT molecular complexity index is 374. The Kier molecular flexibility index (Phi) is 4.38. The first-order valence-electron chi connectivity index (χ1n) is 5.65. The first-order valence-corrected chi connectivity index (χ1v) is 5.65. The second-order valence-electron chi connectivity index (χ2n) is 4.47. The molecule has 0 saturated heterocycles. The standard InChI is InChI=1S/C14H17F3/c1-10(2)13(9-14(15,16)17)11(3)12-7-5-4-6-8-12/h4-11H,1-3H3/b13-9+. The molecule has 0 aliphatic rings. The third-order valence-corrected chi connectivity index (χ3v) is 2.80. The van der Waals surface area contributed by atoms with Crippen molar-refractivity contribution in [3.63, 3.8) is 0 Å². The number of allylic oxidation sites excluding steroid dienone is 2. The predicted octanol–water partition coefficient (Wildman–Crippen LogP) is 4.93. The predicted molar refractivity (Wildman–Crippen MR) is 63.8 cm³/mol. The van der Waals surface area contributed by atoms with E-state index in [1.54, 1.807) is 13.8 Å². The van der Waals surface area contributed by atoms with Crippen molar-refractivity contribution in [1.82, 2.24) is 0 Å². The minimum absolute atomic E-state index is 0.119. The lowest BCUT2D eigenvalue weighted by molar-refractivity contribution is -0.0810. The van der Waals surface area contributed by atoms with Crippen molar-refractivity contribution in [3.05, 3.63) is 47.5 Å². The lowest BCUT2D eigenvalue weighted by atomic mass is 9.86. The minimum Gasteiger partial charge on any atom is -0.167 e. The van der Waals surface area contributed by atoms with Crippen LogP contribution in [-0.4, -0.2) is 6.18 Å². The molecule has 0 fully saturated rings. The summed E-state index contributed by atoms with van der Waals surface area (Å²) in [4.78, 5) is 0. The monoisotopic (exact) mass is 242 g/mol. The highest BCUT2D eigenvalue weighted by molar-refractivity contribution is 5.29. The zero-order valence-electron chi connectivity index (χ0n) is 10.3. The van der Waals surface area contributed by atoms with Gasteiger partial charge in [0, 0.05) is 12.0 Å². The third-order valence-electron chi connectivity index (χ3n) is 2.80. The van der Waals surface area contributed by atoms with Gasteiger partial charge in [0.1, 0.15) is 0 Å². The van der Waals surface area contributed by atoms with Crippen LogP contribution in [0, 0.1) is 5.92 Å². The summed E-state index contributed by atoms with van der Waals surface area (Å²) < 4.78 is 37.4. The van der Waals surface area contributed by atoms with Gasteiger partial charge in [-0.3, -0.25) is 0 Å². The minimum atomic E-state index is -4.25. The molecule has 0 N–H and O–H groups in total. The van der Waals surface area contributed by atoms with E-state index in [1.165, 1.54) is 0 Å². The molecule has 0 nitrogen and oxygen atoms in total. The lowest BCUT2D eigenvalue weighted by Crippen LogP contribution is -2.11. The Labute approximate surface area is 100 Å². The summed E-state index contributed by atoms with van der Waals surface area (Å²) in [6, 6.07) is 9.27. The van der Waals surface area contributed by atoms with Crippen molar-refractivity contribution in [2.45, 2.75) is 32.9 Å². The largest absolute Gasteiger partial charge is 0.409 e. The van der Waals surface area contributed by atoms with Gasteiger partial charge in [0.2, 0.25) is 0 Å². The van der Waals surface area contributed by atoms with E-state index < -0.39 is 6.18 Å². The van der Waals surface area contributed by atoms with Crippen molar-refractivity contribution in [1.29, 1.82) is 0 Å². The molecule has 1 unspecified atom stereocenters. The van der Waals surface area contributed by atoms with E-state index in [0.717, 1.165) is 5.56 Å². The summed E-state index contributed by atoms with van der Waals surface area (Å²) in [5.74, 6) is -0.329. The highest BCUT2D eigenvalue weighted by Crippen LogP contribution is 2.32. The second kappa shape index (κ2) is 5.39. The maximum atomic E-state index is 12.5.